The van der Waals surface area contributed by atoms with Crippen LogP contribution in [0.4, 0.5) is 0 Å². The predicted molar refractivity (Wildman–Crippen MR) is 83.3 cm³/mol. The minimum Gasteiger partial charge on any atom is -0.395 e. The van der Waals surface area contributed by atoms with Gasteiger partial charge in [0, 0.05) is 18.5 Å². The largest absolute Gasteiger partial charge is 0.395 e. The average molecular weight is 271 g/mol. The zero-order chi connectivity index (χ0) is 14.2. The monoisotopic (exact) mass is 271 g/mol. The zero-order valence-electron chi connectivity index (χ0n) is 12.4. The summed E-state index contributed by atoms with van der Waals surface area (Å²) in [5.41, 5.74) is 2.40. The minimum absolute atomic E-state index is 0.138. The molecule has 1 saturated heterocycles. The fourth-order valence-corrected chi connectivity index (χ4v) is 2.71. The summed E-state index contributed by atoms with van der Waals surface area (Å²) in [6, 6.07) is 8.49. The Morgan fingerprint density at radius 3 is 3.05 bits per heavy atom. The fraction of sp³-hybridized carbons (Fsp3) is 0.556. The van der Waals surface area contributed by atoms with E-state index in [1.165, 1.54) is 37.9 Å². The van der Waals surface area contributed by atoms with E-state index in [9.17, 15) is 0 Å². The average Bonchev–Trinajstić information content (AvgIpc) is 2.65. The highest BCUT2D eigenvalue weighted by Gasteiger charge is 2.13. The normalized spacial score (nSPS) is 20.0. The van der Waals surface area contributed by atoms with Crippen molar-refractivity contribution in [1.29, 1.82) is 0 Å². The minimum atomic E-state index is 0.138. The van der Waals surface area contributed by atoms with Crippen molar-refractivity contribution in [3.8, 4) is 11.8 Å². The molecule has 1 fully saturated rings. The highest BCUT2D eigenvalue weighted by atomic mass is 16.2. The summed E-state index contributed by atoms with van der Waals surface area (Å²) >= 11 is 0. The van der Waals surface area contributed by atoms with Crippen LogP contribution < -0.4 is 0 Å². The van der Waals surface area contributed by atoms with Gasteiger partial charge in [-0.15, -0.1) is 0 Å². The maximum atomic E-state index is 8.75. The van der Waals surface area contributed by atoms with Crippen LogP contribution in [0, 0.1) is 17.8 Å². The van der Waals surface area contributed by atoms with Crippen LogP contribution in [0.3, 0.4) is 0 Å². The SMILES string of the molecule is CC1CCCN(Cc2cccc(C#CCCO)c2)CC1. The van der Waals surface area contributed by atoms with Crippen LogP contribution in [0.25, 0.3) is 0 Å². The Morgan fingerprint density at radius 1 is 1.30 bits per heavy atom. The molecule has 1 aliphatic rings. The lowest BCUT2D eigenvalue weighted by Crippen LogP contribution is -2.24. The van der Waals surface area contributed by atoms with Gasteiger partial charge in [-0.05, 0) is 56.0 Å². The Morgan fingerprint density at radius 2 is 2.20 bits per heavy atom. The van der Waals surface area contributed by atoms with Crippen molar-refractivity contribution in [2.45, 2.75) is 39.2 Å². The third-order valence-corrected chi connectivity index (χ3v) is 3.91. The van der Waals surface area contributed by atoms with Crippen LogP contribution in [0.15, 0.2) is 24.3 Å². The van der Waals surface area contributed by atoms with Gasteiger partial charge in [0.1, 0.15) is 0 Å². The van der Waals surface area contributed by atoms with E-state index >= 15 is 0 Å². The molecule has 1 aliphatic heterocycles. The van der Waals surface area contributed by atoms with Crippen molar-refractivity contribution in [2.75, 3.05) is 19.7 Å². The Labute approximate surface area is 122 Å². The molecule has 108 valence electrons. The molecular formula is C18H25NO. The summed E-state index contributed by atoms with van der Waals surface area (Å²) in [5, 5.41) is 8.75. The second-order valence-electron chi connectivity index (χ2n) is 5.79. The van der Waals surface area contributed by atoms with Gasteiger partial charge in [0.2, 0.25) is 0 Å². The molecule has 0 spiro atoms. The molecule has 0 amide bonds. The molecule has 1 unspecified atom stereocenters. The molecule has 2 heteroatoms. The molecule has 1 aromatic carbocycles. The van der Waals surface area contributed by atoms with E-state index in [1.54, 1.807) is 0 Å². The Hall–Kier alpha value is -1.30. The summed E-state index contributed by atoms with van der Waals surface area (Å²) in [6.07, 6.45) is 4.55. The molecule has 1 atom stereocenters. The van der Waals surface area contributed by atoms with Crippen molar-refractivity contribution < 1.29 is 5.11 Å². The van der Waals surface area contributed by atoms with Gasteiger partial charge in [0.15, 0.2) is 0 Å². The van der Waals surface area contributed by atoms with E-state index < -0.39 is 0 Å². The van der Waals surface area contributed by atoms with E-state index in [0.29, 0.717) is 6.42 Å². The predicted octanol–water partition coefficient (Wildman–Crippen LogP) is 3.04. The maximum Gasteiger partial charge on any atom is 0.0540 e. The molecule has 20 heavy (non-hydrogen) atoms. The van der Waals surface area contributed by atoms with Gasteiger partial charge < -0.3 is 5.11 Å². The lowest BCUT2D eigenvalue weighted by molar-refractivity contribution is 0.273. The van der Waals surface area contributed by atoms with Gasteiger partial charge in [-0.1, -0.05) is 30.9 Å². The summed E-state index contributed by atoms with van der Waals surface area (Å²) in [7, 11) is 0. The van der Waals surface area contributed by atoms with Gasteiger partial charge in [-0.25, -0.2) is 0 Å². The van der Waals surface area contributed by atoms with Crippen molar-refractivity contribution in [3.63, 3.8) is 0 Å². The molecule has 0 aliphatic carbocycles. The van der Waals surface area contributed by atoms with Crippen LogP contribution in [-0.2, 0) is 6.54 Å². The molecular weight excluding hydrogens is 246 g/mol. The molecule has 1 heterocycles. The number of hydrogen-bond acceptors (Lipinski definition) is 2. The molecule has 0 saturated carbocycles. The van der Waals surface area contributed by atoms with E-state index in [0.717, 1.165) is 18.0 Å². The third-order valence-electron chi connectivity index (χ3n) is 3.91. The molecule has 0 radical (unpaired) electrons. The van der Waals surface area contributed by atoms with Crippen LogP contribution in [0.5, 0.6) is 0 Å². The molecule has 0 bridgehead atoms. The molecule has 2 nitrogen and oxygen atoms in total. The second kappa shape index (κ2) is 8.09. The van der Waals surface area contributed by atoms with Crippen molar-refractivity contribution in [3.05, 3.63) is 35.4 Å². The Bertz CT molecular complexity index is 472. The summed E-state index contributed by atoms with van der Waals surface area (Å²) < 4.78 is 0. The maximum absolute atomic E-state index is 8.75. The van der Waals surface area contributed by atoms with E-state index in [1.807, 2.05) is 6.07 Å². The van der Waals surface area contributed by atoms with E-state index in [-0.39, 0.29) is 6.61 Å². The quantitative estimate of drug-likeness (QED) is 0.854. The van der Waals surface area contributed by atoms with Gasteiger partial charge in [-0.2, -0.15) is 0 Å². The summed E-state index contributed by atoms with van der Waals surface area (Å²) in [5.74, 6) is 6.97. The van der Waals surface area contributed by atoms with Gasteiger partial charge in [0.05, 0.1) is 6.61 Å². The first-order valence-corrected chi connectivity index (χ1v) is 7.69. The smallest absolute Gasteiger partial charge is 0.0540 e. The van der Waals surface area contributed by atoms with Crippen molar-refractivity contribution in [1.82, 2.24) is 4.90 Å². The number of hydrogen-bond donors (Lipinski definition) is 1. The van der Waals surface area contributed by atoms with Gasteiger partial charge in [0.25, 0.3) is 0 Å². The highest BCUT2D eigenvalue weighted by Crippen LogP contribution is 2.18. The third kappa shape index (κ3) is 5.00. The second-order valence-corrected chi connectivity index (χ2v) is 5.79. The molecule has 1 N–H and O–H groups in total. The molecule has 0 aromatic heterocycles. The fourth-order valence-electron chi connectivity index (χ4n) is 2.71. The van der Waals surface area contributed by atoms with E-state index in [2.05, 4.69) is 41.9 Å². The van der Waals surface area contributed by atoms with E-state index in [4.69, 9.17) is 5.11 Å². The molecule has 1 aromatic rings. The lowest BCUT2D eigenvalue weighted by atomic mass is 10.0. The number of aliphatic hydroxyl groups excluding tert-OH is 1. The number of likely N-dealkylation sites (tertiary alicyclic amines) is 1. The van der Waals surface area contributed by atoms with Gasteiger partial charge in [-0.3, -0.25) is 4.90 Å². The first kappa shape index (κ1) is 15.1. The lowest BCUT2D eigenvalue weighted by Gasteiger charge is -2.20. The summed E-state index contributed by atoms with van der Waals surface area (Å²) in [4.78, 5) is 2.56. The first-order valence-electron chi connectivity index (χ1n) is 7.69. The Balaban J connectivity index is 1.95. The van der Waals surface area contributed by atoms with Crippen LogP contribution in [-0.4, -0.2) is 29.7 Å². The van der Waals surface area contributed by atoms with Gasteiger partial charge >= 0.3 is 0 Å². The number of nitrogens with zero attached hydrogens (tertiary/aromatic N) is 1. The topological polar surface area (TPSA) is 23.5 Å². The number of benzene rings is 1. The highest BCUT2D eigenvalue weighted by molar-refractivity contribution is 5.37. The van der Waals surface area contributed by atoms with Crippen LogP contribution >= 0.6 is 0 Å². The van der Waals surface area contributed by atoms with Crippen LogP contribution in [0.1, 0.15) is 43.7 Å². The standard InChI is InChI=1S/C18H25NO/c1-16-6-5-11-19(12-10-16)15-18-9-4-8-17(14-18)7-2-3-13-20/h4,8-9,14,16,20H,3,5-6,10-13,15H2,1H3. The first-order chi connectivity index (χ1) is 9.78. The number of rotatable bonds is 3. The summed E-state index contributed by atoms with van der Waals surface area (Å²) in [6.45, 7) is 5.95. The van der Waals surface area contributed by atoms with Crippen molar-refractivity contribution >= 4 is 0 Å². The number of aliphatic hydroxyl groups is 1. The molecule has 2 rings (SSSR count). The zero-order valence-corrected chi connectivity index (χ0v) is 12.4. The Kier molecular flexibility index (Phi) is 6.11. The van der Waals surface area contributed by atoms with Crippen molar-refractivity contribution in [2.24, 2.45) is 5.92 Å². The van der Waals surface area contributed by atoms with Crippen LogP contribution in [0.2, 0.25) is 0 Å².